The molecule has 2 aromatic rings. The Morgan fingerprint density at radius 3 is 2.07 bits per heavy atom. The van der Waals surface area contributed by atoms with E-state index in [0.717, 1.165) is 0 Å². The zero-order valence-corrected chi connectivity index (χ0v) is 16.5. The van der Waals surface area contributed by atoms with Crippen molar-refractivity contribution in [1.29, 1.82) is 0 Å². The third-order valence-corrected chi connectivity index (χ3v) is 6.05. The van der Waals surface area contributed by atoms with E-state index in [0.29, 0.717) is 30.1 Å². The van der Waals surface area contributed by atoms with Crippen molar-refractivity contribution >= 4 is 27.5 Å². The van der Waals surface area contributed by atoms with Crippen molar-refractivity contribution in [2.75, 3.05) is 25.0 Å². The highest BCUT2D eigenvalue weighted by molar-refractivity contribution is 7.89. The van der Waals surface area contributed by atoms with Gasteiger partial charge in [-0.15, -0.1) is 0 Å². The van der Waals surface area contributed by atoms with Gasteiger partial charge in [-0.25, -0.2) is 8.42 Å². The van der Waals surface area contributed by atoms with Gasteiger partial charge in [0.25, 0.3) is 5.91 Å². The number of sulfonamides is 1. The van der Waals surface area contributed by atoms with Crippen LogP contribution in [0.3, 0.4) is 0 Å². The third-order valence-electron chi connectivity index (χ3n) is 3.99. The standard InChI is InChI=1S/C19H23N3O5S/c1-3-22(4-2)28(25,26)17-11-9-16(10-12-17)27-13-18(23)21-15-7-5-14(6-8-15)19(20)24/h5-12H,3-4,13H2,1-2H3,(H2,20,24)(H,21,23). The summed E-state index contributed by atoms with van der Waals surface area (Å²) in [4.78, 5) is 23.2. The highest BCUT2D eigenvalue weighted by atomic mass is 32.2. The largest absolute Gasteiger partial charge is 0.484 e. The molecule has 0 aromatic heterocycles. The lowest BCUT2D eigenvalue weighted by Gasteiger charge is -2.18. The molecule has 0 aliphatic carbocycles. The van der Waals surface area contributed by atoms with Gasteiger partial charge in [-0.05, 0) is 48.5 Å². The fourth-order valence-electron chi connectivity index (χ4n) is 2.48. The van der Waals surface area contributed by atoms with Crippen LogP contribution >= 0.6 is 0 Å². The van der Waals surface area contributed by atoms with Crippen molar-refractivity contribution in [2.45, 2.75) is 18.7 Å². The number of hydrogen-bond donors (Lipinski definition) is 2. The maximum absolute atomic E-state index is 12.4. The molecule has 0 unspecified atom stereocenters. The number of primary amides is 1. The Morgan fingerprint density at radius 2 is 1.57 bits per heavy atom. The molecule has 0 fully saturated rings. The molecule has 0 aliphatic rings. The van der Waals surface area contributed by atoms with Crippen LogP contribution in [0.5, 0.6) is 5.75 Å². The first-order valence-corrected chi connectivity index (χ1v) is 10.1. The van der Waals surface area contributed by atoms with Gasteiger partial charge in [0, 0.05) is 24.3 Å². The van der Waals surface area contributed by atoms with Crippen molar-refractivity contribution in [2.24, 2.45) is 5.73 Å². The molecule has 2 amide bonds. The average molecular weight is 405 g/mol. The summed E-state index contributed by atoms with van der Waals surface area (Å²) in [6, 6.07) is 12.0. The molecular weight excluding hydrogens is 382 g/mol. The molecule has 0 radical (unpaired) electrons. The third kappa shape index (κ3) is 5.30. The van der Waals surface area contributed by atoms with E-state index in [1.54, 1.807) is 26.0 Å². The number of anilines is 1. The minimum Gasteiger partial charge on any atom is -0.484 e. The fraction of sp³-hybridized carbons (Fsp3) is 0.263. The number of rotatable bonds is 9. The summed E-state index contributed by atoms with van der Waals surface area (Å²) in [5.41, 5.74) is 6.00. The van der Waals surface area contributed by atoms with Gasteiger partial charge < -0.3 is 15.8 Å². The van der Waals surface area contributed by atoms with Gasteiger partial charge in [0.05, 0.1) is 4.90 Å². The molecule has 2 rings (SSSR count). The van der Waals surface area contributed by atoms with E-state index in [4.69, 9.17) is 10.5 Å². The number of nitrogens with one attached hydrogen (secondary N) is 1. The van der Waals surface area contributed by atoms with Crippen molar-refractivity contribution < 1.29 is 22.7 Å². The molecule has 9 heteroatoms. The first-order chi connectivity index (χ1) is 13.3. The Hall–Kier alpha value is -2.91. The fourth-order valence-corrected chi connectivity index (χ4v) is 3.94. The lowest BCUT2D eigenvalue weighted by Crippen LogP contribution is -2.30. The number of ether oxygens (including phenoxy) is 1. The molecule has 0 saturated heterocycles. The van der Waals surface area contributed by atoms with Gasteiger partial charge in [-0.3, -0.25) is 9.59 Å². The average Bonchev–Trinajstić information content (AvgIpc) is 2.68. The van der Waals surface area contributed by atoms with Crippen molar-refractivity contribution in [1.82, 2.24) is 4.31 Å². The Bertz CT molecular complexity index is 921. The summed E-state index contributed by atoms with van der Waals surface area (Å²) in [6.45, 7) is 4.08. The van der Waals surface area contributed by atoms with Crippen molar-refractivity contribution in [3.05, 3.63) is 54.1 Å². The summed E-state index contributed by atoms with van der Waals surface area (Å²) >= 11 is 0. The number of nitrogens with zero attached hydrogens (tertiary/aromatic N) is 1. The molecular formula is C19H23N3O5S. The maximum atomic E-state index is 12.4. The van der Waals surface area contributed by atoms with Crippen LogP contribution in [0.4, 0.5) is 5.69 Å². The SMILES string of the molecule is CCN(CC)S(=O)(=O)c1ccc(OCC(=O)Nc2ccc(C(N)=O)cc2)cc1. The van der Waals surface area contributed by atoms with E-state index < -0.39 is 21.8 Å². The molecule has 28 heavy (non-hydrogen) atoms. The van der Waals surface area contributed by atoms with Crippen LogP contribution < -0.4 is 15.8 Å². The van der Waals surface area contributed by atoms with Gasteiger partial charge in [0.1, 0.15) is 5.75 Å². The number of benzene rings is 2. The highest BCUT2D eigenvalue weighted by Crippen LogP contribution is 2.19. The topological polar surface area (TPSA) is 119 Å². The van der Waals surface area contributed by atoms with Crippen LogP contribution in [-0.2, 0) is 14.8 Å². The molecule has 0 atom stereocenters. The second-order valence-electron chi connectivity index (χ2n) is 5.84. The van der Waals surface area contributed by atoms with Gasteiger partial charge in [-0.2, -0.15) is 4.31 Å². The lowest BCUT2D eigenvalue weighted by atomic mass is 10.2. The van der Waals surface area contributed by atoms with Crippen molar-refractivity contribution in [3.8, 4) is 5.75 Å². The summed E-state index contributed by atoms with van der Waals surface area (Å²) in [6.07, 6.45) is 0. The van der Waals surface area contributed by atoms with Gasteiger partial charge in [-0.1, -0.05) is 13.8 Å². The highest BCUT2D eigenvalue weighted by Gasteiger charge is 2.21. The Kier molecular flexibility index (Phi) is 7.13. The molecule has 0 aliphatic heterocycles. The number of amides is 2. The van der Waals surface area contributed by atoms with Gasteiger partial charge >= 0.3 is 0 Å². The Morgan fingerprint density at radius 1 is 1.00 bits per heavy atom. The predicted octanol–water partition coefficient (Wildman–Crippen LogP) is 1.83. The van der Waals surface area contributed by atoms with E-state index >= 15 is 0 Å². The second-order valence-corrected chi connectivity index (χ2v) is 7.78. The normalized spacial score (nSPS) is 11.2. The predicted molar refractivity (Wildman–Crippen MR) is 106 cm³/mol. The quantitative estimate of drug-likeness (QED) is 0.660. The number of hydrogen-bond acceptors (Lipinski definition) is 5. The second kappa shape index (κ2) is 9.34. The monoisotopic (exact) mass is 405 g/mol. The minimum absolute atomic E-state index is 0.169. The van der Waals surface area contributed by atoms with Crippen LogP contribution in [0, 0.1) is 0 Å². The Labute approximate surface area is 164 Å². The lowest BCUT2D eigenvalue weighted by molar-refractivity contribution is -0.118. The minimum atomic E-state index is -3.53. The van der Waals surface area contributed by atoms with E-state index in [1.807, 2.05) is 0 Å². The summed E-state index contributed by atoms with van der Waals surface area (Å²) in [5.74, 6) is -0.572. The van der Waals surface area contributed by atoms with E-state index in [9.17, 15) is 18.0 Å². The zero-order valence-electron chi connectivity index (χ0n) is 15.7. The van der Waals surface area contributed by atoms with Crippen LogP contribution in [0.1, 0.15) is 24.2 Å². The van der Waals surface area contributed by atoms with E-state index in [1.165, 1.54) is 40.7 Å². The smallest absolute Gasteiger partial charge is 0.262 e. The van der Waals surface area contributed by atoms with Crippen molar-refractivity contribution in [3.63, 3.8) is 0 Å². The molecule has 0 bridgehead atoms. The summed E-state index contributed by atoms with van der Waals surface area (Å²) in [7, 11) is -3.53. The van der Waals surface area contributed by atoms with Crippen LogP contribution in [0.15, 0.2) is 53.4 Å². The van der Waals surface area contributed by atoms with Gasteiger partial charge in [0.2, 0.25) is 15.9 Å². The molecule has 3 N–H and O–H groups in total. The number of nitrogens with two attached hydrogens (primary N) is 1. The molecule has 150 valence electrons. The van der Waals surface area contributed by atoms with Crippen LogP contribution in [0.25, 0.3) is 0 Å². The molecule has 2 aromatic carbocycles. The van der Waals surface area contributed by atoms with E-state index in [2.05, 4.69) is 5.32 Å². The number of carbonyl (C=O) groups excluding carboxylic acids is 2. The van der Waals surface area contributed by atoms with Crippen LogP contribution in [-0.4, -0.2) is 44.2 Å². The molecule has 0 saturated carbocycles. The van der Waals surface area contributed by atoms with Crippen LogP contribution in [0.2, 0.25) is 0 Å². The summed E-state index contributed by atoms with van der Waals surface area (Å²) in [5, 5.41) is 2.63. The first kappa shape index (κ1) is 21.4. The number of carbonyl (C=O) groups is 2. The first-order valence-electron chi connectivity index (χ1n) is 8.70. The summed E-state index contributed by atoms with van der Waals surface area (Å²) < 4.78 is 31.6. The Balaban J connectivity index is 1.94. The molecule has 0 heterocycles. The van der Waals surface area contributed by atoms with E-state index in [-0.39, 0.29) is 11.5 Å². The van der Waals surface area contributed by atoms with Gasteiger partial charge in [0.15, 0.2) is 6.61 Å². The molecule has 8 nitrogen and oxygen atoms in total. The molecule has 0 spiro atoms. The maximum Gasteiger partial charge on any atom is 0.262 e. The zero-order chi connectivity index (χ0) is 20.7.